The third kappa shape index (κ3) is 6.67. The molecule has 0 radical (unpaired) electrons. The lowest BCUT2D eigenvalue weighted by atomic mass is 10.1. The number of carbonyl (C=O) groups is 4. The molecule has 0 fully saturated rings. The highest BCUT2D eigenvalue weighted by molar-refractivity contribution is 6.40. The number of aryl methyl sites for hydroxylation is 1. The van der Waals surface area contributed by atoms with E-state index < -0.39 is 23.6 Å². The largest absolute Gasteiger partial charge is 0.458 e. The molecule has 4 N–H and O–H groups in total. The fourth-order valence-corrected chi connectivity index (χ4v) is 3.35. The van der Waals surface area contributed by atoms with Crippen LogP contribution in [-0.2, 0) is 25.7 Å². The van der Waals surface area contributed by atoms with Crippen LogP contribution in [0.3, 0.4) is 0 Å². The first kappa shape index (κ1) is 24.9. The number of hydrogen-bond donors (Lipinski definition) is 4. The standard InChI is InChI=1S/C27H23N5O5/c1-17-9-11-19(12-10-17)30-25(34)24(33)28-15-20-13-14-21(37-20)16-29-32-27(36)26(35)31-23-8-4-6-18-5-2-3-7-22(18)23/h2-14,16H,15H2,1H3,(H,28,33)(H,30,34)(H,31,35)(H,32,36)/b29-16+. The molecule has 0 saturated heterocycles. The van der Waals surface area contributed by atoms with Crippen molar-refractivity contribution in [2.45, 2.75) is 13.5 Å². The normalized spacial score (nSPS) is 10.7. The first-order valence-corrected chi connectivity index (χ1v) is 11.3. The number of benzene rings is 3. The number of rotatable bonds is 6. The highest BCUT2D eigenvalue weighted by Crippen LogP contribution is 2.22. The van der Waals surface area contributed by atoms with Crippen LogP contribution in [0.2, 0.25) is 0 Å². The second-order valence-electron chi connectivity index (χ2n) is 7.99. The topological polar surface area (TPSA) is 142 Å². The first-order valence-electron chi connectivity index (χ1n) is 11.3. The van der Waals surface area contributed by atoms with Gasteiger partial charge in [0.25, 0.3) is 0 Å². The van der Waals surface area contributed by atoms with Gasteiger partial charge in [-0.15, -0.1) is 0 Å². The van der Waals surface area contributed by atoms with E-state index in [1.54, 1.807) is 36.4 Å². The van der Waals surface area contributed by atoms with Gasteiger partial charge in [-0.05, 0) is 42.6 Å². The molecule has 1 aromatic heterocycles. The zero-order valence-electron chi connectivity index (χ0n) is 19.8. The van der Waals surface area contributed by atoms with Crippen LogP contribution in [-0.4, -0.2) is 29.8 Å². The number of amides is 4. The minimum Gasteiger partial charge on any atom is -0.458 e. The maximum atomic E-state index is 12.2. The number of nitrogens with zero attached hydrogens (tertiary/aromatic N) is 1. The Morgan fingerprint density at radius 1 is 0.784 bits per heavy atom. The van der Waals surface area contributed by atoms with Crippen molar-refractivity contribution in [1.29, 1.82) is 0 Å². The highest BCUT2D eigenvalue weighted by atomic mass is 16.3. The van der Waals surface area contributed by atoms with E-state index in [0.717, 1.165) is 16.3 Å². The minimum absolute atomic E-state index is 0.0339. The lowest BCUT2D eigenvalue weighted by Gasteiger charge is -2.07. The number of nitrogens with one attached hydrogen (secondary N) is 4. The average Bonchev–Trinajstić information content (AvgIpc) is 3.36. The Labute approximate surface area is 211 Å². The van der Waals surface area contributed by atoms with E-state index in [1.807, 2.05) is 49.4 Å². The average molecular weight is 498 g/mol. The molecule has 3 aromatic carbocycles. The summed E-state index contributed by atoms with van der Waals surface area (Å²) in [7, 11) is 0. The Morgan fingerprint density at radius 2 is 1.51 bits per heavy atom. The summed E-state index contributed by atoms with van der Waals surface area (Å²) < 4.78 is 5.48. The van der Waals surface area contributed by atoms with Crippen molar-refractivity contribution >= 4 is 52.0 Å². The number of hydrazone groups is 1. The fraction of sp³-hybridized carbons (Fsp3) is 0.0741. The molecule has 37 heavy (non-hydrogen) atoms. The van der Waals surface area contributed by atoms with Gasteiger partial charge in [0.1, 0.15) is 11.5 Å². The molecule has 0 atom stereocenters. The molecular weight excluding hydrogens is 474 g/mol. The molecule has 0 aliphatic carbocycles. The minimum atomic E-state index is -0.956. The third-order valence-corrected chi connectivity index (χ3v) is 5.22. The van der Waals surface area contributed by atoms with Crippen molar-refractivity contribution in [1.82, 2.24) is 10.7 Å². The summed E-state index contributed by atoms with van der Waals surface area (Å²) in [5.41, 5.74) is 4.18. The Kier molecular flexibility index (Phi) is 7.69. The molecule has 10 heteroatoms. The van der Waals surface area contributed by atoms with Gasteiger partial charge in [-0.3, -0.25) is 19.2 Å². The van der Waals surface area contributed by atoms with Gasteiger partial charge in [0.15, 0.2) is 0 Å². The molecule has 10 nitrogen and oxygen atoms in total. The first-order chi connectivity index (χ1) is 17.9. The van der Waals surface area contributed by atoms with Crippen molar-refractivity contribution in [3.8, 4) is 0 Å². The predicted molar refractivity (Wildman–Crippen MR) is 139 cm³/mol. The van der Waals surface area contributed by atoms with E-state index in [0.29, 0.717) is 17.1 Å². The summed E-state index contributed by atoms with van der Waals surface area (Å²) in [6.07, 6.45) is 1.21. The molecule has 0 saturated carbocycles. The van der Waals surface area contributed by atoms with Crippen LogP contribution in [0.15, 0.2) is 88.4 Å². The highest BCUT2D eigenvalue weighted by Gasteiger charge is 2.15. The lowest BCUT2D eigenvalue weighted by Crippen LogP contribution is -2.34. The predicted octanol–water partition coefficient (Wildman–Crippen LogP) is 3.08. The molecule has 4 aromatic rings. The Bertz CT molecular complexity index is 1490. The van der Waals surface area contributed by atoms with Gasteiger partial charge >= 0.3 is 23.6 Å². The zero-order chi connectivity index (χ0) is 26.2. The summed E-state index contributed by atoms with van der Waals surface area (Å²) in [5, 5.41) is 13.0. The third-order valence-electron chi connectivity index (χ3n) is 5.22. The second kappa shape index (κ2) is 11.5. The molecule has 0 unspecified atom stereocenters. The van der Waals surface area contributed by atoms with Gasteiger partial charge in [-0.1, -0.05) is 54.1 Å². The summed E-state index contributed by atoms with van der Waals surface area (Å²) >= 11 is 0. The number of fused-ring (bicyclic) bond motifs is 1. The van der Waals surface area contributed by atoms with Gasteiger partial charge in [0, 0.05) is 16.8 Å². The van der Waals surface area contributed by atoms with Crippen LogP contribution >= 0.6 is 0 Å². The van der Waals surface area contributed by atoms with Gasteiger partial charge in [-0.25, -0.2) is 5.43 Å². The summed E-state index contributed by atoms with van der Waals surface area (Å²) in [4.78, 5) is 48.4. The molecular formula is C27H23N5O5. The van der Waals surface area contributed by atoms with Gasteiger partial charge in [0.05, 0.1) is 12.8 Å². The van der Waals surface area contributed by atoms with Crippen molar-refractivity contribution < 1.29 is 23.6 Å². The molecule has 0 bridgehead atoms. The van der Waals surface area contributed by atoms with Crippen LogP contribution < -0.4 is 21.4 Å². The van der Waals surface area contributed by atoms with Gasteiger partial charge < -0.3 is 20.4 Å². The number of carbonyl (C=O) groups excluding carboxylic acids is 4. The van der Waals surface area contributed by atoms with E-state index in [1.165, 1.54) is 6.21 Å². The lowest BCUT2D eigenvalue weighted by molar-refractivity contribution is -0.136. The SMILES string of the molecule is Cc1ccc(NC(=O)C(=O)NCc2ccc(/C=N/NC(=O)C(=O)Nc3cccc4ccccc34)o2)cc1. The molecule has 4 amide bonds. The summed E-state index contributed by atoms with van der Waals surface area (Å²) in [6.45, 7) is 1.88. The number of furan rings is 1. The molecule has 0 aliphatic rings. The Morgan fingerprint density at radius 3 is 2.32 bits per heavy atom. The fourth-order valence-electron chi connectivity index (χ4n) is 3.35. The van der Waals surface area contributed by atoms with E-state index in [4.69, 9.17) is 4.42 Å². The molecule has 0 aliphatic heterocycles. The van der Waals surface area contributed by atoms with Gasteiger partial charge in [-0.2, -0.15) is 5.10 Å². The Balaban J connectivity index is 1.24. The second-order valence-corrected chi connectivity index (χ2v) is 7.99. The molecule has 186 valence electrons. The molecule has 4 rings (SSSR count). The van der Waals surface area contributed by atoms with Crippen molar-refractivity contribution in [3.05, 3.63) is 95.9 Å². The maximum absolute atomic E-state index is 12.2. The van der Waals surface area contributed by atoms with E-state index in [2.05, 4.69) is 26.5 Å². The quantitative estimate of drug-likeness (QED) is 0.184. The van der Waals surface area contributed by atoms with Crippen molar-refractivity contribution in [2.24, 2.45) is 5.10 Å². The van der Waals surface area contributed by atoms with E-state index in [9.17, 15) is 19.2 Å². The zero-order valence-corrected chi connectivity index (χ0v) is 19.8. The van der Waals surface area contributed by atoms with Crippen molar-refractivity contribution in [3.63, 3.8) is 0 Å². The smallest absolute Gasteiger partial charge is 0.329 e. The van der Waals surface area contributed by atoms with E-state index in [-0.39, 0.29) is 12.3 Å². The monoisotopic (exact) mass is 497 g/mol. The maximum Gasteiger partial charge on any atom is 0.329 e. The van der Waals surface area contributed by atoms with Crippen LogP contribution in [0.25, 0.3) is 10.8 Å². The van der Waals surface area contributed by atoms with E-state index >= 15 is 0 Å². The van der Waals surface area contributed by atoms with Gasteiger partial charge in [0.2, 0.25) is 0 Å². The van der Waals surface area contributed by atoms with Crippen LogP contribution in [0.5, 0.6) is 0 Å². The van der Waals surface area contributed by atoms with Crippen LogP contribution in [0, 0.1) is 6.92 Å². The summed E-state index contributed by atoms with van der Waals surface area (Å²) in [5.74, 6) is -2.83. The molecule has 0 spiro atoms. The Hall–Kier alpha value is -5.25. The number of hydrogen-bond acceptors (Lipinski definition) is 6. The molecule has 1 heterocycles. The summed E-state index contributed by atoms with van der Waals surface area (Å²) in [6, 6.07) is 23.0. The van der Waals surface area contributed by atoms with Crippen molar-refractivity contribution in [2.75, 3.05) is 10.6 Å². The van der Waals surface area contributed by atoms with Crippen LogP contribution in [0.1, 0.15) is 17.1 Å². The van der Waals surface area contributed by atoms with Crippen LogP contribution in [0.4, 0.5) is 11.4 Å². The number of anilines is 2.